The SMILES string of the molecule is CCC(C(=O)Nc1nc2ccc(C)cc2s1)n1cc(Br)cn1. The molecule has 0 aliphatic rings. The third kappa shape index (κ3) is 3.05. The van der Waals surface area contributed by atoms with Crippen molar-refractivity contribution < 1.29 is 4.79 Å². The van der Waals surface area contributed by atoms with E-state index in [4.69, 9.17) is 0 Å². The highest BCUT2D eigenvalue weighted by Gasteiger charge is 2.20. The molecule has 1 atom stereocenters. The second kappa shape index (κ2) is 6.18. The van der Waals surface area contributed by atoms with Crippen LogP contribution in [0.15, 0.2) is 35.1 Å². The van der Waals surface area contributed by atoms with Crippen LogP contribution in [0.25, 0.3) is 10.2 Å². The largest absolute Gasteiger partial charge is 0.300 e. The van der Waals surface area contributed by atoms with Gasteiger partial charge in [-0.05, 0) is 47.0 Å². The normalized spacial score (nSPS) is 12.5. The van der Waals surface area contributed by atoms with E-state index in [1.54, 1.807) is 17.1 Å². The zero-order valence-electron chi connectivity index (χ0n) is 12.2. The molecular weight excluding hydrogens is 364 g/mol. The van der Waals surface area contributed by atoms with Crippen molar-refractivity contribution in [3.63, 3.8) is 0 Å². The molecular formula is C15H15BrN4OS. The number of carbonyl (C=O) groups excluding carboxylic acids is 1. The van der Waals surface area contributed by atoms with Gasteiger partial charge < -0.3 is 5.32 Å². The molecule has 3 aromatic rings. The first kappa shape index (κ1) is 15.2. The van der Waals surface area contributed by atoms with Crippen molar-refractivity contribution >= 4 is 48.5 Å². The van der Waals surface area contributed by atoms with Gasteiger partial charge in [0, 0.05) is 6.20 Å². The second-order valence-corrected chi connectivity index (χ2v) is 6.99. The lowest BCUT2D eigenvalue weighted by Crippen LogP contribution is -2.25. The van der Waals surface area contributed by atoms with Gasteiger partial charge in [0.1, 0.15) is 6.04 Å². The molecule has 2 aromatic heterocycles. The predicted octanol–water partition coefficient (Wildman–Crippen LogP) is 4.15. The first-order chi connectivity index (χ1) is 10.6. The summed E-state index contributed by atoms with van der Waals surface area (Å²) in [4.78, 5) is 16.9. The number of nitrogens with zero attached hydrogens (tertiary/aromatic N) is 3. The van der Waals surface area contributed by atoms with Crippen LogP contribution in [0.2, 0.25) is 0 Å². The molecule has 0 fully saturated rings. The molecule has 3 rings (SSSR count). The standard InChI is InChI=1S/C15H15BrN4OS/c1-3-12(20-8-10(16)7-17-20)14(21)19-15-18-11-5-4-9(2)6-13(11)22-15/h4-8,12H,3H2,1-2H3,(H,18,19,21). The number of aryl methyl sites for hydroxylation is 1. The number of aromatic nitrogens is 3. The van der Waals surface area contributed by atoms with Crippen molar-refractivity contribution in [2.45, 2.75) is 26.3 Å². The molecule has 0 aliphatic heterocycles. The number of carbonyl (C=O) groups is 1. The lowest BCUT2D eigenvalue weighted by atomic mass is 10.2. The van der Waals surface area contributed by atoms with Crippen molar-refractivity contribution in [3.05, 3.63) is 40.6 Å². The number of thiazole rings is 1. The smallest absolute Gasteiger partial charge is 0.251 e. The minimum atomic E-state index is -0.347. The van der Waals surface area contributed by atoms with Gasteiger partial charge in [-0.1, -0.05) is 24.3 Å². The van der Waals surface area contributed by atoms with E-state index in [0.29, 0.717) is 11.6 Å². The Morgan fingerprint density at radius 3 is 3.00 bits per heavy atom. The van der Waals surface area contributed by atoms with Gasteiger partial charge in [0.25, 0.3) is 5.91 Å². The van der Waals surface area contributed by atoms with E-state index in [-0.39, 0.29) is 11.9 Å². The third-order valence-corrected chi connectivity index (χ3v) is 4.70. The number of hydrogen-bond acceptors (Lipinski definition) is 4. The fourth-order valence-corrected chi connectivity index (χ4v) is 3.52. The number of halogens is 1. The lowest BCUT2D eigenvalue weighted by Gasteiger charge is -2.14. The van der Waals surface area contributed by atoms with Crippen molar-refractivity contribution in [1.82, 2.24) is 14.8 Å². The van der Waals surface area contributed by atoms with Gasteiger partial charge in [-0.2, -0.15) is 5.10 Å². The summed E-state index contributed by atoms with van der Waals surface area (Å²) in [6.07, 6.45) is 4.13. The van der Waals surface area contributed by atoms with Crippen LogP contribution in [0, 0.1) is 6.92 Å². The molecule has 1 unspecified atom stereocenters. The molecule has 2 heterocycles. The molecule has 5 nitrogen and oxygen atoms in total. The number of fused-ring (bicyclic) bond motifs is 1. The van der Waals surface area contributed by atoms with E-state index in [9.17, 15) is 4.79 Å². The Balaban J connectivity index is 1.82. The van der Waals surface area contributed by atoms with Crippen LogP contribution in [0.3, 0.4) is 0 Å². The van der Waals surface area contributed by atoms with Crippen LogP contribution in [0.5, 0.6) is 0 Å². The van der Waals surface area contributed by atoms with Crippen molar-refractivity contribution in [2.75, 3.05) is 5.32 Å². The van der Waals surface area contributed by atoms with Crippen LogP contribution < -0.4 is 5.32 Å². The minimum Gasteiger partial charge on any atom is -0.300 e. The average Bonchev–Trinajstić information content (AvgIpc) is 3.05. The lowest BCUT2D eigenvalue weighted by molar-refractivity contribution is -0.119. The molecule has 0 aliphatic carbocycles. The highest BCUT2D eigenvalue weighted by atomic mass is 79.9. The molecule has 0 radical (unpaired) electrons. The summed E-state index contributed by atoms with van der Waals surface area (Å²) in [5.41, 5.74) is 2.09. The zero-order valence-corrected chi connectivity index (χ0v) is 14.6. The number of amides is 1. The average molecular weight is 379 g/mol. The van der Waals surface area contributed by atoms with Crippen LogP contribution >= 0.6 is 27.3 Å². The number of rotatable bonds is 4. The number of benzene rings is 1. The number of nitrogens with one attached hydrogen (secondary N) is 1. The molecule has 0 saturated heterocycles. The van der Waals surface area contributed by atoms with E-state index in [0.717, 1.165) is 14.7 Å². The van der Waals surface area contributed by atoms with E-state index in [1.165, 1.54) is 16.9 Å². The van der Waals surface area contributed by atoms with Crippen LogP contribution in [0.4, 0.5) is 5.13 Å². The first-order valence-corrected chi connectivity index (χ1v) is 8.55. The molecule has 1 N–H and O–H groups in total. The fourth-order valence-electron chi connectivity index (χ4n) is 2.25. The van der Waals surface area contributed by atoms with Gasteiger partial charge in [-0.3, -0.25) is 9.48 Å². The molecule has 0 spiro atoms. The van der Waals surface area contributed by atoms with Gasteiger partial charge in [0.15, 0.2) is 5.13 Å². The quantitative estimate of drug-likeness (QED) is 0.741. The van der Waals surface area contributed by atoms with Crippen LogP contribution in [-0.4, -0.2) is 20.7 Å². The summed E-state index contributed by atoms with van der Waals surface area (Å²) in [6, 6.07) is 5.72. The molecule has 1 aromatic carbocycles. The Hall–Kier alpha value is -1.73. The molecule has 1 amide bonds. The van der Waals surface area contributed by atoms with E-state index in [2.05, 4.69) is 37.4 Å². The monoisotopic (exact) mass is 378 g/mol. The van der Waals surface area contributed by atoms with E-state index < -0.39 is 0 Å². The third-order valence-electron chi connectivity index (χ3n) is 3.35. The summed E-state index contributed by atoms with van der Waals surface area (Å²) >= 11 is 4.84. The van der Waals surface area contributed by atoms with Gasteiger partial charge in [-0.25, -0.2) is 4.98 Å². The number of hydrogen-bond donors (Lipinski definition) is 1. The molecule has 0 saturated carbocycles. The van der Waals surface area contributed by atoms with Gasteiger partial charge in [0.05, 0.1) is 20.9 Å². The topological polar surface area (TPSA) is 59.8 Å². The Bertz CT molecular complexity index is 826. The highest BCUT2D eigenvalue weighted by Crippen LogP contribution is 2.27. The van der Waals surface area contributed by atoms with Crippen LogP contribution in [0.1, 0.15) is 24.9 Å². The Morgan fingerprint density at radius 1 is 1.50 bits per heavy atom. The van der Waals surface area contributed by atoms with Crippen molar-refractivity contribution in [1.29, 1.82) is 0 Å². The van der Waals surface area contributed by atoms with Gasteiger partial charge in [-0.15, -0.1) is 0 Å². The van der Waals surface area contributed by atoms with Crippen molar-refractivity contribution in [3.8, 4) is 0 Å². The maximum Gasteiger partial charge on any atom is 0.251 e. The molecule has 7 heteroatoms. The summed E-state index contributed by atoms with van der Waals surface area (Å²) in [5.74, 6) is -0.103. The maximum absolute atomic E-state index is 12.5. The van der Waals surface area contributed by atoms with E-state index in [1.807, 2.05) is 26.0 Å². The molecule has 114 valence electrons. The molecule has 22 heavy (non-hydrogen) atoms. The highest BCUT2D eigenvalue weighted by molar-refractivity contribution is 9.10. The predicted molar refractivity (Wildman–Crippen MR) is 92.2 cm³/mol. The fraction of sp³-hybridized carbons (Fsp3) is 0.267. The Kier molecular flexibility index (Phi) is 4.26. The minimum absolute atomic E-state index is 0.103. The summed E-state index contributed by atoms with van der Waals surface area (Å²) in [6.45, 7) is 4.00. The van der Waals surface area contributed by atoms with Crippen LogP contribution in [-0.2, 0) is 4.79 Å². The molecule has 0 bridgehead atoms. The zero-order chi connectivity index (χ0) is 15.7. The summed E-state index contributed by atoms with van der Waals surface area (Å²) in [7, 11) is 0. The summed E-state index contributed by atoms with van der Waals surface area (Å²) in [5, 5.41) is 7.72. The number of anilines is 1. The van der Waals surface area contributed by atoms with Crippen molar-refractivity contribution in [2.24, 2.45) is 0 Å². The first-order valence-electron chi connectivity index (χ1n) is 6.94. The summed E-state index contributed by atoms with van der Waals surface area (Å²) < 4.78 is 3.59. The Morgan fingerprint density at radius 2 is 2.32 bits per heavy atom. The van der Waals surface area contributed by atoms with Gasteiger partial charge >= 0.3 is 0 Å². The Labute approximate surface area is 140 Å². The maximum atomic E-state index is 12.5. The second-order valence-electron chi connectivity index (χ2n) is 5.04. The van der Waals surface area contributed by atoms with E-state index >= 15 is 0 Å². The van der Waals surface area contributed by atoms with Gasteiger partial charge in [0.2, 0.25) is 0 Å².